The predicted octanol–water partition coefficient (Wildman–Crippen LogP) is 4.92. The van der Waals surface area contributed by atoms with E-state index < -0.39 is 17.7 Å². The van der Waals surface area contributed by atoms with E-state index in [9.17, 15) is 27.9 Å². The van der Waals surface area contributed by atoms with Crippen molar-refractivity contribution in [2.45, 2.75) is 50.2 Å². The van der Waals surface area contributed by atoms with Gasteiger partial charge in [0.05, 0.1) is 18.1 Å². The van der Waals surface area contributed by atoms with Crippen LogP contribution in [-0.2, 0) is 15.7 Å². The molecule has 0 radical (unpaired) electrons. The zero-order valence-electron chi connectivity index (χ0n) is 22.0. The van der Waals surface area contributed by atoms with Gasteiger partial charge < -0.3 is 14.7 Å². The van der Waals surface area contributed by atoms with E-state index in [1.165, 1.54) is 50.1 Å². The Morgan fingerprint density at radius 1 is 1.08 bits per heavy atom. The molecule has 1 unspecified atom stereocenters. The number of hydrogen-bond donors (Lipinski definition) is 1. The molecular formula is C29H34F3N3O4. The number of carbonyl (C=O) groups is 2. The summed E-state index contributed by atoms with van der Waals surface area (Å²) in [7, 11) is 1.58. The maximum Gasteiger partial charge on any atom is 0.416 e. The van der Waals surface area contributed by atoms with Crippen molar-refractivity contribution in [1.82, 2.24) is 14.8 Å². The first kappa shape index (κ1) is 27.6. The lowest BCUT2D eigenvalue weighted by Crippen LogP contribution is -2.37. The fourth-order valence-electron chi connectivity index (χ4n) is 6.62. The molecule has 10 heteroatoms. The molecule has 1 aromatic carbocycles. The van der Waals surface area contributed by atoms with Crippen molar-refractivity contribution in [2.75, 3.05) is 39.9 Å². The number of likely N-dealkylation sites (tertiary alicyclic amines) is 2. The zero-order chi connectivity index (χ0) is 27.7. The van der Waals surface area contributed by atoms with Gasteiger partial charge in [-0.2, -0.15) is 13.2 Å². The summed E-state index contributed by atoms with van der Waals surface area (Å²) in [5.41, 5.74) is 0.415. The van der Waals surface area contributed by atoms with Crippen molar-refractivity contribution in [3.63, 3.8) is 0 Å². The molecule has 210 valence electrons. The molecule has 2 aliphatic heterocycles. The van der Waals surface area contributed by atoms with Gasteiger partial charge in [0.1, 0.15) is 5.69 Å². The Morgan fingerprint density at radius 3 is 2.49 bits per heavy atom. The number of aromatic carboxylic acids is 1. The largest absolute Gasteiger partial charge is 0.477 e. The van der Waals surface area contributed by atoms with Gasteiger partial charge in [0, 0.05) is 56.4 Å². The monoisotopic (exact) mass is 545 g/mol. The molecule has 0 bridgehead atoms. The average Bonchev–Trinajstić information content (AvgIpc) is 3.69. The molecule has 3 heterocycles. The molecule has 3 aliphatic rings. The molecule has 0 spiro atoms. The highest BCUT2D eigenvalue weighted by atomic mass is 19.4. The van der Waals surface area contributed by atoms with Gasteiger partial charge in [-0.1, -0.05) is 25.0 Å². The predicted molar refractivity (Wildman–Crippen MR) is 138 cm³/mol. The number of ether oxygens (including phenoxy) is 1. The number of halogens is 3. The van der Waals surface area contributed by atoms with Crippen molar-refractivity contribution in [3.05, 3.63) is 53.3 Å². The number of alkyl halides is 3. The number of rotatable bonds is 7. The van der Waals surface area contributed by atoms with Crippen LogP contribution in [-0.4, -0.2) is 77.7 Å². The lowest BCUT2D eigenvalue weighted by Gasteiger charge is -2.25. The molecule has 2 aromatic rings. The number of amides is 1. The van der Waals surface area contributed by atoms with Gasteiger partial charge in [0.15, 0.2) is 0 Å². The number of carboxylic acids is 1. The number of benzene rings is 1. The number of carbonyl (C=O) groups excluding carboxylic acids is 1. The molecule has 39 heavy (non-hydrogen) atoms. The highest BCUT2D eigenvalue weighted by molar-refractivity contribution is 5.86. The third kappa shape index (κ3) is 5.82. The van der Waals surface area contributed by atoms with Crippen molar-refractivity contribution >= 4 is 11.9 Å². The first-order valence-corrected chi connectivity index (χ1v) is 13.6. The topological polar surface area (TPSA) is 83.0 Å². The Balaban J connectivity index is 1.42. The van der Waals surface area contributed by atoms with Crippen LogP contribution >= 0.6 is 0 Å². The molecule has 1 N–H and O–H groups in total. The van der Waals surface area contributed by atoms with Crippen LogP contribution in [0.5, 0.6) is 0 Å². The Hall–Kier alpha value is -2.98. The van der Waals surface area contributed by atoms with Crippen LogP contribution in [0.3, 0.4) is 0 Å². The van der Waals surface area contributed by atoms with Crippen LogP contribution in [0.2, 0.25) is 0 Å². The molecule has 1 amide bonds. The zero-order valence-corrected chi connectivity index (χ0v) is 22.0. The van der Waals surface area contributed by atoms with Gasteiger partial charge in [0.25, 0.3) is 0 Å². The number of aromatic nitrogens is 1. The Morgan fingerprint density at radius 2 is 1.85 bits per heavy atom. The number of nitrogens with zero attached hydrogens (tertiary/aromatic N) is 3. The maximum atomic E-state index is 13.7. The van der Waals surface area contributed by atoms with Gasteiger partial charge in [-0.05, 0) is 55.1 Å². The number of hydrogen-bond acceptors (Lipinski definition) is 5. The standard InChI is InChI=1S/C29H34F3N3O4/c1-39-17-20-15-35(27(36)19-10-11-34(14-19)22-4-2-3-5-22)16-25(20)23-8-7-21(29(30,31)32)12-24(23)18-6-9-26(28(37)38)33-13-18/h6-9,12-13,19-20,22,25H,2-5,10-11,14-17H2,1H3,(H,37,38)/t19-,20+,25?/m0/s1. The minimum Gasteiger partial charge on any atom is -0.477 e. The molecule has 1 aromatic heterocycles. The van der Waals surface area contributed by atoms with Crippen LogP contribution in [0, 0.1) is 11.8 Å². The highest BCUT2D eigenvalue weighted by Crippen LogP contribution is 2.42. The Bertz CT molecular complexity index is 1200. The minimum atomic E-state index is -4.54. The molecule has 7 nitrogen and oxygen atoms in total. The second kappa shape index (κ2) is 11.3. The molecule has 5 rings (SSSR count). The fraction of sp³-hybridized carbons (Fsp3) is 0.552. The SMILES string of the molecule is COC[C@H]1CN(C(=O)[C@H]2CCN(C3CCCC3)C2)CC1c1ccc(C(F)(F)F)cc1-c1ccc(C(=O)O)nc1. The van der Waals surface area contributed by atoms with Crippen molar-refractivity contribution in [2.24, 2.45) is 11.8 Å². The summed E-state index contributed by atoms with van der Waals surface area (Å²) in [6, 6.07) is 7.00. The maximum absolute atomic E-state index is 13.7. The quantitative estimate of drug-likeness (QED) is 0.532. The van der Waals surface area contributed by atoms with E-state index in [0.29, 0.717) is 42.4 Å². The number of pyridine rings is 1. The summed E-state index contributed by atoms with van der Waals surface area (Å²) in [5, 5.41) is 9.20. The van der Waals surface area contributed by atoms with E-state index in [2.05, 4.69) is 9.88 Å². The number of carboxylic acid groups (broad SMARTS) is 1. The molecule has 2 saturated heterocycles. The van der Waals surface area contributed by atoms with Gasteiger partial charge >= 0.3 is 12.1 Å². The molecular weight excluding hydrogens is 511 g/mol. The highest BCUT2D eigenvalue weighted by Gasteiger charge is 2.42. The molecule has 3 fully saturated rings. The van der Waals surface area contributed by atoms with E-state index in [-0.39, 0.29) is 29.4 Å². The van der Waals surface area contributed by atoms with Gasteiger partial charge in [-0.25, -0.2) is 9.78 Å². The third-order valence-electron chi connectivity index (χ3n) is 8.62. The van der Waals surface area contributed by atoms with E-state index in [0.717, 1.165) is 31.6 Å². The summed E-state index contributed by atoms with van der Waals surface area (Å²) in [6.07, 6.45) is 2.47. The van der Waals surface area contributed by atoms with E-state index in [4.69, 9.17) is 4.74 Å². The normalized spacial score (nSPS) is 24.5. The Kier molecular flexibility index (Phi) is 7.96. The second-order valence-corrected chi connectivity index (χ2v) is 11.0. The molecule has 3 atom stereocenters. The number of methoxy groups -OCH3 is 1. The lowest BCUT2D eigenvalue weighted by atomic mass is 9.84. The molecule has 1 aliphatic carbocycles. The van der Waals surface area contributed by atoms with Crippen LogP contribution in [0.15, 0.2) is 36.5 Å². The van der Waals surface area contributed by atoms with Crippen LogP contribution < -0.4 is 0 Å². The third-order valence-corrected chi connectivity index (χ3v) is 8.62. The summed E-state index contributed by atoms with van der Waals surface area (Å²) >= 11 is 0. The Labute approximate surface area is 226 Å². The minimum absolute atomic E-state index is 0.0626. The van der Waals surface area contributed by atoms with Crippen LogP contribution in [0.25, 0.3) is 11.1 Å². The van der Waals surface area contributed by atoms with Crippen molar-refractivity contribution < 1.29 is 32.6 Å². The van der Waals surface area contributed by atoms with Crippen molar-refractivity contribution in [3.8, 4) is 11.1 Å². The average molecular weight is 546 g/mol. The van der Waals surface area contributed by atoms with E-state index in [1.54, 1.807) is 7.11 Å². The van der Waals surface area contributed by atoms with Gasteiger partial charge in [-0.3, -0.25) is 9.69 Å². The molecule has 1 saturated carbocycles. The van der Waals surface area contributed by atoms with E-state index >= 15 is 0 Å². The van der Waals surface area contributed by atoms with E-state index in [1.807, 2.05) is 4.90 Å². The second-order valence-electron chi connectivity index (χ2n) is 11.0. The van der Waals surface area contributed by atoms with Gasteiger partial charge in [0.2, 0.25) is 5.91 Å². The van der Waals surface area contributed by atoms with Gasteiger partial charge in [-0.15, -0.1) is 0 Å². The summed E-state index contributed by atoms with van der Waals surface area (Å²) in [4.78, 5) is 33.1. The smallest absolute Gasteiger partial charge is 0.416 e. The van der Waals surface area contributed by atoms with Crippen LogP contribution in [0.1, 0.15) is 59.6 Å². The fourth-order valence-corrected chi connectivity index (χ4v) is 6.62. The first-order valence-electron chi connectivity index (χ1n) is 13.6. The summed E-state index contributed by atoms with van der Waals surface area (Å²) in [5.74, 6) is -1.49. The van der Waals surface area contributed by atoms with Crippen molar-refractivity contribution in [1.29, 1.82) is 0 Å². The lowest BCUT2D eigenvalue weighted by molar-refractivity contribution is -0.137. The van der Waals surface area contributed by atoms with Crippen LogP contribution in [0.4, 0.5) is 13.2 Å². The summed E-state index contributed by atoms with van der Waals surface area (Å²) in [6.45, 7) is 2.94. The summed E-state index contributed by atoms with van der Waals surface area (Å²) < 4.78 is 46.5. The first-order chi connectivity index (χ1) is 18.7.